The summed E-state index contributed by atoms with van der Waals surface area (Å²) < 4.78 is 7.03. The van der Waals surface area contributed by atoms with Gasteiger partial charge in [0.2, 0.25) is 0 Å². The predicted molar refractivity (Wildman–Crippen MR) is 86.1 cm³/mol. The van der Waals surface area contributed by atoms with Crippen molar-refractivity contribution in [1.29, 1.82) is 0 Å². The van der Waals surface area contributed by atoms with Crippen molar-refractivity contribution in [2.45, 2.75) is 25.0 Å². The fourth-order valence-electron chi connectivity index (χ4n) is 3.08. The van der Waals surface area contributed by atoms with Crippen LogP contribution in [0, 0.1) is 0 Å². The van der Waals surface area contributed by atoms with E-state index < -0.39 is 5.97 Å². The maximum absolute atomic E-state index is 13.0. The summed E-state index contributed by atoms with van der Waals surface area (Å²) in [6.45, 7) is 0.382. The highest BCUT2D eigenvalue weighted by atomic mass is 16.5. The number of rotatable bonds is 5. The smallest absolute Gasteiger partial charge is 0.305 e. The number of para-hydroxylation sites is 1. The van der Waals surface area contributed by atoms with Gasteiger partial charge >= 0.3 is 5.97 Å². The molecular formula is C17H19N3O4. The van der Waals surface area contributed by atoms with Gasteiger partial charge in [-0.15, -0.1) is 0 Å². The Kier molecular flexibility index (Phi) is 4.61. The van der Waals surface area contributed by atoms with Gasteiger partial charge in [-0.2, -0.15) is 0 Å². The van der Waals surface area contributed by atoms with Gasteiger partial charge in [-0.05, 0) is 18.6 Å². The number of methoxy groups -OCH3 is 1. The molecular weight excluding hydrogens is 310 g/mol. The summed E-state index contributed by atoms with van der Waals surface area (Å²) in [5, 5.41) is 9.10. The topological polar surface area (TPSA) is 84.7 Å². The van der Waals surface area contributed by atoms with E-state index in [0.29, 0.717) is 18.7 Å². The number of amides is 1. The molecule has 0 saturated carbocycles. The molecule has 7 heteroatoms. The lowest BCUT2D eigenvalue weighted by molar-refractivity contribution is -0.138. The van der Waals surface area contributed by atoms with Crippen molar-refractivity contribution >= 4 is 11.9 Å². The van der Waals surface area contributed by atoms with Crippen LogP contribution < -0.4 is 0 Å². The summed E-state index contributed by atoms with van der Waals surface area (Å²) in [5.74, 6) is -1.16. The molecule has 1 fully saturated rings. The van der Waals surface area contributed by atoms with Crippen molar-refractivity contribution in [3.8, 4) is 5.69 Å². The van der Waals surface area contributed by atoms with Crippen LogP contribution in [-0.2, 0) is 9.53 Å². The van der Waals surface area contributed by atoms with E-state index in [1.54, 1.807) is 22.9 Å². The third-order valence-electron chi connectivity index (χ3n) is 4.27. The first-order chi connectivity index (χ1) is 11.6. The maximum atomic E-state index is 13.0. The molecule has 0 spiro atoms. The van der Waals surface area contributed by atoms with Gasteiger partial charge in [0.15, 0.2) is 0 Å². The lowest BCUT2D eigenvalue weighted by Crippen LogP contribution is -2.38. The SMILES string of the molecule is COC1CC(CC(=O)O)N(C(=O)c2cncn2-c2ccccc2)C1. The molecule has 0 bridgehead atoms. The van der Waals surface area contributed by atoms with Gasteiger partial charge in [-0.25, -0.2) is 4.98 Å². The number of aromatic nitrogens is 2. The van der Waals surface area contributed by atoms with Crippen molar-refractivity contribution in [2.24, 2.45) is 0 Å². The third-order valence-corrected chi connectivity index (χ3v) is 4.27. The number of hydrogen-bond acceptors (Lipinski definition) is 4. The molecule has 1 aliphatic heterocycles. The molecule has 0 radical (unpaired) electrons. The van der Waals surface area contributed by atoms with Crippen LogP contribution in [0.4, 0.5) is 0 Å². The Morgan fingerprint density at radius 2 is 2.08 bits per heavy atom. The van der Waals surface area contributed by atoms with Crippen LogP contribution in [0.1, 0.15) is 23.3 Å². The van der Waals surface area contributed by atoms with Crippen molar-refractivity contribution in [3.05, 3.63) is 48.5 Å². The molecule has 7 nitrogen and oxygen atoms in total. The number of benzene rings is 1. The molecule has 126 valence electrons. The Labute approximate surface area is 139 Å². The molecule has 1 aromatic heterocycles. The zero-order chi connectivity index (χ0) is 17.1. The Bertz CT molecular complexity index is 728. The van der Waals surface area contributed by atoms with Crippen molar-refractivity contribution in [2.75, 3.05) is 13.7 Å². The van der Waals surface area contributed by atoms with Crippen LogP contribution in [0.25, 0.3) is 5.69 Å². The predicted octanol–water partition coefficient (Wildman–Crippen LogP) is 1.58. The standard InChI is InChI=1S/C17H19N3O4/c1-24-14-7-13(8-16(21)22)19(10-14)17(23)15-9-18-11-20(15)12-5-3-2-4-6-12/h2-6,9,11,13-14H,7-8,10H2,1H3,(H,21,22). The quantitative estimate of drug-likeness (QED) is 0.900. The second-order valence-corrected chi connectivity index (χ2v) is 5.79. The number of carbonyl (C=O) groups excluding carboxylic acids is 1. The molecule has 2 atom stereocenters. The van der Waals surface area contributed by atoms with Crippen molar-refractivity contribution in [3.63, 3.8) is 0 Å². The van der Waals surface area contributed by atoms with E-state index in [4.69, 9.17) is 9.84 Å². The molecule has 1 saturated heterocycles. The maximum Gasteiger partial charge on any atom is 0.305 e. The second kappa shape index (κ2) is 6.84. The number of carbonyl (C=O) groups is 2. The van der Waals surface area contributed by atoms with Crippen LogP contribution in [0.2, 0.25) is 0 Å². The zero-order valence-electron chi connectivity index (χ0n) is 13.3. The molecule has 0 aliphatic carbocycles. The Hall–Kier alpha value is -2.67. The van der Waals surface area contributed by atoms with Gasteiger partial charge in [0.05, 0.1) is 25.0 Å². The fourth-order valence-corrected chi connectivity index (χ4v) is 3.08. The minimum absolute atomic E-state index is 0.0922. The number of ether oxygens (including phenoxy) is 1. The minimum Gasteiger partial charge on any atom is -0.481 e. The third kappa shape index (κ3) is 3.16. The number of imidazole rings is 1. The molecule has 1 aliphatic rings. The number of likely N-dealkylation sites (tertiary alicyclic amines) is 1. The fraction of sp³-hybridized carbons (Fsp3) is 0.353. The van der Waals surface area contributed by atoms with Gasteiger partial charge < -0.3 is 14.7 Å². The highest BCUT2D eigenvalue weighted by molar-refractivity contribution is 5.93. The van der Waals surface area contributed by atoms with Gasteiger partial charge in [0.25, 0.3) is 5.91 Å². The van der Waals surface area contributed by atoms with Crippen molar-refractivity contribution < 1.29 is 19.4 Å². The number of nitrogens with zero attached hydrogens (tertiary/aromatic N) is 3. The lowest BCUT2D eigenvalue weighted by Gasteiger charge is -2.23. The first kappa shape index (κ1) is 16.2. The van der Waals surface area contributed by atoms with Crippen LogP contribution in [0.3, 0.4) is 0 Å². The summed E-state index contributed by atoms with van der Waals surface area (Å²) in [6, 6.07) is 9.05. The first-order valence-corrected chi connectivity index (χ1v) is 7.73. The molecule has 1 N–H and O–H groups in total. The van der Waals surface area contributed by atoms with E-state index in [2.05, 4.69) is 4.98 Å². The monoisotopic (exact) mass is 329 g/mol. The minimum atomic E-state index is -0.925. The summed E-state index contributed by atoms with van der Waals surface area (Å²) in [6.07, 6.45) is 3.37. The summed E-state index contributed by atoms with van der Waals surface area (Å²) in [5.41, 5.74) is 1.24. The van der Waals surface area contributed by atoms with Gasteiger partial charge in [-0.3, -0.25) is 14.2 Å². The number of carboxylic acid groups (broad SMARTS) is 1. The molecule has 2 heterocycles. The van der Waals surface area contributed by atoms with Crippen LogP contribution in [0.5, 0.6) is 0 Å². The number of carboxylic acids is 1. The summed E-state index contributed by atoms with van der Waals surface area (Å²) in [4.78, 5) is 29.7. The van der Waals surface area contributed by atoms with Crippen LogP contribution >= 0.6 is 0 Å². The largest absolute Gasteiger partial charge is 0.481 e. The Morgan fingerprint density at radius 3 is 2.75 bits per heavy atom. The second-order valence-electron chi connectivity index (χ2n) is 5.79. The highest BCUT2D eigenvalue weighted by Crippen LogP contribution is 2.25. The number of hydrogen-bond donors (Lipinski definition) is 1. The molecule has 24 heavy (non-hydrogen) atoms. The average Bonchev–Trinajstić information content (AvgIpc) is 3.21. The van der Waals surface area contributed by atoms with E-state index >= 15 is 0 Å². The van der Waals surface area contributed by atoms with Gasteiger partial charge in [0.1, 0.15) is 5.69 Å². The van der Waals surface area contributed by atoms with E-state index in [1.165, 1.54) is 6.20 Å². The molecule has 2 aromatic rings. The summed E-state index contributed by atoms with van der Waals surface area (Å²) in [7, 11) is 1.57. The molecule has 2 unspecified atom stereocenters. The van der Waals surface area contributed by atoms with Crippen LogP contribution in [-0.4, -0.2) is 57.2 Å². The van der Waals surface area contributed by atoms with E-state index in [-0.39, 0.29) is 24.5 Å². The number of aliphatic carboxylic acids is 1. The van der Waals surface area contributed by atoms with E-state index in [0.717, 1.165) is 5.69 Å². The molecule has 1 amide bonds. The first-order valence-electron chi connectivity index (χ1n) is 7.73. The summed E-state index contributed by atoms with van der Waals surface area (Å²) >= 11 is 0. The molecule has 3 rings (SSSR count). The normalized spacial score (nSPS) is 20.3. The van der Waals surface area contributed by atoms with Crippen LogP contribution in [0.15, 0.2) is 42.9 Å². The molecule has 1 aromatic carbocycles. The Morgan fingerprint density at radius 1 is 1.33 bits per heavy atom. The van der Waals surface area contributed by atoms with Gasteiger partial charge in [-0.1, -0.05) is 18.2 Å². The van der Waals surface area contributed by atoms with Crippen molar-refractivity contribution in [1.82, 2.24) is 14.5 Å². The lowest BCUT2D eigenvalue weighted by atomic mass is 10.1. The average molecular weight is 329 g/mol. The van der Waals surface area contributed by atoms with E-state index in [9.17, 15) is 9.59 Å². The van der Waals surface area contributed by atoms with E-state index in [1.807, 2.05) is 30.3 Å². The Balaban J connectivity index is 1.88. The zero-order valence-corrected chi connectivity index (χ0v) is 13.3. The highest BCUT2D eigenvalue weighted by Gasteiger charge is 2.37. The van der Waals surface area contributed by atoms with Gasteiger partial charge in [0, 0.05) is 25.4 Å².